The van der Waals surface area contributed by atoms with Gasteiger partial charge >= 0.3 is 0 Å². The molecule has 0 saturated carbocycles. The molecule has 3 nitrogen and oxygen atoms in total. The van der Waals surface area contributed by atoms with Gasteiger partial charge in [0.15, 0.2) is 5.75 Å². The van der Waals surface area contributed by atoms with Gasteiger partial charge in [-0.05, 0) is 24.1 Å². The Kier molecular flexibility index (Phi) is 1.98. The zero-order valence-corrected chi connectivity index (χ0v) is 6.62. The number of rotatable bonds is 2. The maximum atomic E-state index is 8.71. The van der Waals surface area contributed by atoms with Crippen molar-refractivity contribution in [3.63, 3.8) is 0 Å². The van der Waals surface area contributed by atoms with Gasteiger partial charge in [-0.25, -0.2) is 0 Å². The second kappa shape index (κ2) is 3.13. The minimum atomic E-state index is 0.181. The van der Waals surface area contributed by atoms with Crippen LogP contribution in [0.15, 0.2) is 18.2 Å². The van der Waals surface area contributed by atoms with Crippen molar-refractivity contribution in [2.24, 2.45) is 0 Å². The molecule has 1 aliphatic rings. The molecule has 0 amide bonds. The molecule has 0 atom stereocenters. The van der Waals surface area contributed by atoms with Crippen LogP contribution in [0.1, 0.15) is 11.1 Å². The highest BCUT2D eigenvalue weighted by molar-refractivity contribution is 5.37. The molecule has 0 aliphatic carbocycles. The molecule has 1 N–H and O–H groups in total. The first kappa shape index (κ1) is 7.58. The van der Waals surface area contributed by atoms with Crippen molar-refractivity contribution in [3.05, 3.63) is 29.3 Å². The Balaban J connectivity index is 2.26. The summed E-state index contributed by atoms with van der Waals surface area (Å²) in [5, 5.41) is 8.71. The van der Waals surface area contributed by atoms with Crippen LogP contribution in [0.2, 0.25) is 0 Å². The normalized spacial score (nSPS) is 14.1. The summed E-state index contributed by atoms with van der Waals surface area (Å²) < 4.78 is 0. The predicted octanol–water partition coefficient (Wildman–Crippen LogP) is 1.05. The minimum absolute atomic E-state index is 0.181. The topological polar surface area (TPSA) is 38.7 Å². The first-order chi connectivity index (χ1) is 5.90. The number of hydrogen-bond acceptors (Lipinski definition) is 3. The fourth-order valence-electron chi connectivity index (χ4n) is 1.27. The Morgan fingerprint density at radius 2 is 2.33 bits per heavy atom. The molecule has 0 spiro atoms. The van der Waals surface area contributed by atoms with Crippen LogP contribution in [0.4, 0.5) is 0 Å². The SMILES string of the molecule is OCCc1ccc2c(c1)COO2. The summed E-state index contributed by atoms with van der Waals surface area (Å²) in [6.45, 7) is 0.690. The molecule has 0 unspecified atom stereocenters. The zero-order chi connectivity index (χ0) is 8.39. The number of hydrogen-bond donors (Lipinski definition) is 1. The highest BCUT2D eigenvalue weighted by Crippen LogP contribution is 2.26. The second-order valence-corrected chi connectivity index (χ2v) is 2.76. The van der Waals surface area contributed by atoms with E-state index >= 15 is 0 Å². The average molecular weight is 166 g/mol. The Bertz CT molecular complexity index is 283. The maximum Gasteiger partial charge on any atom is 0.171 e. The van der Waals surface area contributed by atoms with Gasteiger partial charge in [0.1, 0.15) is 6.61 Å². The number of aliphatic hydroxyl groups is 1. The van der Waals surface area contributed by atoms with E-state index in [1.54, 1.807) is 0 Å². The highest BCUT2D eigenvalue weighted by atomic mass is 17.2. The molecule has 0 saturated heterocycles. The van der Waals surface area contributed by atoms with Crippen molar-refractivity contribution in [2.75, 3.05) is 6.61 Å². The molecular formula is C9H10O3. The van der Waals surface area contributed by atoms with Crippen LogP contribution < -0.4 is 4.89 Å². The molecule has 3 heteroatoms. The van der Waals surface area contributed by atoms with Gasteiger partial charge in [0.25, 0.3) is 0 Å². The van der Waals surface area contributed by atoms with E-state index in [1.807, 2.05) is 18.2 Å². The first-order valence-electron chi connectivity index (χ1n) is 3.92. The van der Waals surface area contributed by atoms with Crippen molar-refractivity contribution >= 4 is 0 Å². The van der Waals surface area contributed by atoms with Crippen molar-refractivity contribution in [1.29, 1.82) is 0 Å². The third kappa shape index (κ3) is 1.29. The van der Waals surface area contributed by atoms with E-state index in [-0.39, 0.29) is 6.61 Å². The van der Waals surface area contributed by atoms with Crippen LogP contribution in [0, 0.1) is 0 Å². The van der Waals surface area contributed by atoms with E-state index in [2.05, 4.69) is 0 Å². The third-order valence-electron chi connectivity index (χ3n) is 1.89. The van der Waals surface area contributed by atoms with Crippen LogP contribution in [0.5, 0.6) is 5.75 Å². The van der Waals surface area contributed by atoms with Crippen LogP contribution >= 0.6 is 0 Å². The van der Waals surface area contributed by atoms with E-state index in [4.69, 9.17) is 14.9 Å². The first-order valence-corrected chi connectivity index (χ1v) is 3.92. The monoisotopic (exact) mass is 166 g/mol. The molecule has 0 radical (unpaired) electrons. The van der Waals surface area contributed by atoms with E-state index < -0.39 is 0 Å². The molecule has 0 aromatic heterocycles. The zero-order valence-electron chi connectivity index (χ0n) is 6.62. The standard InChI is InChI=1S/C9H10O3/c10-4-3-7-1-2-9-8(5-7)6-11-12-9/h1-2,5,10H,3-4,6H2. The van der Waals surface area contributed by atoms with Gasteiger partial charge in [0.05, 0.1) is 0 Å². The predicted molar refractivity (Wildman–Crippen MR) is 42.6 cm³/mol. The van der Waals surface area contributed by atoms with Gasteiger partial charge in [0, 0.05) is 12.2 Å². The molecule has 0 fully saturated rings. The Hall–Kier alpha value is -1.06. The lowest BCUT2D eigenvalue weighted by atomic mass is 10.1. The number of aliphatic hydroxyl groups excluding tert-OH is 1. The van der Waals surface area contributed by atoms with Crippen molar-refractivity contribution in [3.8, 4) is 5.75 Å². The fraction of sp³-hybridized carbons (Fsp3) is 0.333. The van der Waals surface area contributed by atoms with Crippen molar-refractivity contribution in [2.45, 2.75) is 13.0 Å². The smallest absolute Gasteiger partial charge is 0.171 e. The summed E-state index contributed by atoms with van der Waals surface area (Å²) in [7, 11) is 0. The largest absolute Gasteiger partial charge is 0.396 e. The molecule has 64 valence electrons. The Morgan fingerprint density at radius 1 is 1.42 bits per heavy atom. The summed E-state index contributed by atoms with van der Waals surface area (Å²) >= 11 is 0. The van der Waals surface area contributed by atoms with Gasteiger partial charge in [-0.2, -0.15) is 4.89 Å². The van der Waals surface area contributed by atoms with E-state index in [0.29, 0.717) is 13.0 Å². The van der Waals surface area contributed by atoms with Crippen LogP contribution in [-0.2, 0) is 17.9 Å². The lowest BCUT2D eigenvalue weighted by molar-refractivity contribution is -0.194. The molecule has 2 rings (SSSR count). The Labute approximate surface area is 70.5 Å². The lowest BCUT2D eigenvalue weighted by Gasteiger charge is -1.99. The minimum Gasteiger partial charge on any atom is -0.396 e. The molecule has 1 aliphatic heterocycles. The molecule has 0 bridgehead atoms. The van der Waals surface area contributed by atoms with Crippen LogP contribution in [0.25, 0.3) is 0 Å². The van der Waals surface area contributed by atoms with E-state index in [0.717, 1.165) is 16.9 Å². The van der Waals surface area contributed by atoms with Gasteiger partial charge in [-0.1, -0.05) is 6.07 Å². The Morgan fingerprint density at radius 3 is 3.17 bits per heavy atom. The lowest BCUT2D eigenvalue weighted by Crippen LogP contribution is -1.90. The molecule has 1 aromatic rings. The summed E-state index contributed by atoms with van der Waals surface area (Å²) in [5.41, 5.74) is 2.17. The van der Waals surface area contributed by atoms with Gasteiger partial charge in [-0.15, -0.1) is 0 Å². The number of fused-ring (bicyclic) bond motifs is 1. The summed E-state index contributed by atoms with van der Waals surface area (Å²) in [5.74, 6) is 0.789. The summed E-state index contributed by atoms with van der Waals surface area (Å²) in [4.78, 5) is 9.65. The molecule has 1 aromatic carbocycles. The van der Waals surface area contributed by atoms with E-state index in [1.165, 1.54) is 0 Å². The third-order valence-corrected chi connectivity index (χ3v) is 1.89. The molecule has 12 heavy (non-hydrogen) atoms. The number of benzene rings is 1. The average Bonchev–Trinajstić information content (AvgIpc) is 2.51. The van der Waals surface area contributed by atoms with Crippen molar-refractivity contribution in [1.82, 2.24) is 0 Å². The van der Waals surface area contributed by atoms with Gasteiger partial charge in [0.2, 0.25) is 0 Å². The van der Waals surface area contributed by atoms with E-state index in [9.17, 15) is 0 Å². The second-order valence-electron chi connectivity index (χ2n) is 2.76. The molecular weight excluding hydrogens is 156 g/mol. The maximum absolute atomic E-state index is 8.71. The fourth-order valence-corrected chi connectivity index (χ4v) is 1.27. The van der Waals surface area contributed by atoms with Gasteiger partial charge < -0.3 is 9.99 Å². The van der Waals surface area contributed by atoms with Gasteiger partial charge in [-0.3, -0.25) is 0 Å². The highest BCUT2D eigenvalue weighted by Gasteiger charge is 2.13. The summed E-state index contributed by atoms with van der Waals surface area (Å²) in [6.07, 6.45) is 0.688. The molecule has 1 heterocycles. The van der Waals surface area contributed by atoms with Crippen LogP contribution in [0.3, 0.4) is 0 Å². The van der Waals surface area contributed by atoms with Crippen LogP contribution in [-0.4, -0.2) is 11.7 Å². The van der Waals surface area contributed by atoms with Crippen molar-refractivity contribution < 1.29 is 14.9 Å². The summed E-state index contributed by atoms with van der Waals surface area (Å²) in [6, 6.07) is 5.80. The quantitative estimate of drug-likeness (QED) is 0.667.